The average molecular weight is 774 g/mol. The molecule has 3 aromatic heterocycles. The number of aromatic nitrogens is 4. The summed E-state index contributed by atoms with van der Waals surface area (Å²) in [7, 11) is 0. The Hall–Kier alpha value is -4.21. The molecule has 1 atom stereocenters. The molecule has 0 spiro atoms. The van der Waals surface area contributed by atoms with Crippen molar-refractivity contribution in [3.63, 3.8) is 0 Å². The molecular weight excluding hydrogens is 736 g/mol. The molecule has 0 N–H and O–H groups in total. The fourth-order valence-electron chi connectivity index (χ4n) is 7.69. The molecule has 4 heterocycles. The van der Waals surface area contributed by atoms with E-state index in [1.165, 1.54) is 16.3 Å². The smallest absolute Gasteiger partial charge is 0.0191 e. The standard InChI is InChI=1S/C39H32N4O.Pt/c1-24-13-16-32-35-33(24)30-15-14-28(44-27-11-8-10-26(21-27)42-20-19-41(5)23-42)22-31(30)37-40-34-29-12-7-6-9-25(29)17-18-39(4,38(32,2)3)36(34)43(35)37;/h6-16,19-20H,17-18H2,1-5H3;/q-2;/i1D3,5D3;. The van der Waals surface area contributed by atoms with Crippen molar-refractivity contribution in [1.29, 1.82) is 0 Å². The average Bonchev–Trinajstić information content (AvgIpc) is 3.65. The van der Waals surface area contributed by atoms with E-state index in [-0.39, 0.29) is 10.8 Å². The monoisotopic (exact) mass is 773 g/mol. The van der Waals surface area contributed by atoms with Crippen molar-refractivity contribution in [1.82, 2.24) is 18.5 Å². The summed E-state index contributed by atoms with van der Waals surface area (Å²) in [5, 5.41) is 2.11. The van der Waals surface area contributed by atoms with Gasteiger partial charge in [0.25, 0.3) is 0 Å². The topological polar surface area (TPSA) is 36.4 Å². The van der Waals surface area contributed by atoms with Crippen molar-refractivity contribution in [3.8, 4) is 28.4 Å². The molecule has 0 fully saturated rings. The molecule has 0 saturated carbocycles. The molecule has 6 heteroatoms. The van der Waals surface area contributed by atoms with Crippen molar-refractivity contribution < 1.29 is 32.3 Å². The second kappa shape index (κ2) is 9.17. The van der Waals surface area contributed by atoms with E-state index >= 15 is 0 Å². The molecule has 7 aromatic rings. The first-order valence-electron chi connectivity index (χ1n) is 18.0. The van der Waals surface area contributed by atoms with Gasteiger partial charge in [0.05, 0.1) is 0 Å². The van der Waals surface area contributed by atoms with E-state index in [0.29, 0.717) is 43.0 Å². The maximum Gasteiger partial charge on any atom is 0.0191 e. The van der Waals surface area contributed by atoms with Crippen LogP contribution in [0.1, 0.15) is 57.8 Å². The molecule has 0 saturated heterocycles. The van der Waals surface area contributed by atoms with Gasteiger partial charge in [-0.2, -0.15) is 0 Å². The molecule has 0 amide bonds. The number of aryl methyl sites for hydroxylation is 3. The predicted molar refractivity (Wildman–Crippen MR) is 175 cm³/mol. The molecule has 1 unspecified atom stereocenters. The van der Waals surface area contributed by atoms with Crippen LogP contribution in [0.15, 0.2) is 79.1 Å². The molecule has 1 aliphatic carbocycles. The molecule has 4 aromatic carbocycles. The van der Waals surface area contributed by atoms with Crippen molar-refractivity contribution in [2.24, 2.45) is 6.98 Å². The van der Waals surface area contributed by atoms with Gasteiger partial charge in [0.1, 0.15) is 0 Å². The Labute approximate surface area is 281 Å². The van der Waals surface area contributed by atoms with Crippen molar-refractivity contribution >= 4 is 27.3 Å². The van der Waals surface area contributed by atoms with Gasteiger partial charge in [-0.3, -0.25) is 0 Å². The normalized spacial score (nSPS) is 20.6. The molecule has 226 valence electrons. The Kier molecular flexibility index (Phi) is 4.38. The number of pyridine rings is 1. The van der Waals surface area contributed by atoms with Crippen LogP contribution in [0.3, 0.4) is 0 Å². The maximum atomic E-state index is 8.61. The molecule has 0 bridgehead atoms. The summed E-state index contributed by atoms with van der Waals surface area (Å²) in [5.41, 5.74) is 7.35. The van der Waals surface area contributed by atoms with Gasteiger partial charge in [0.2, 0.25) is 0 Å². The summed E-state index contributed by atoms with van der Waals surface area (Å²) in [6.45, 7) is 2.24. The largest absolute Gasteiger partial charge is 0.0619 e. The van der Waals surface area contributed by atoms with Gasteiger partial charge in [-0.25, -0.2) is 0 Å². The zero-order valence-electron chi connectivity index (χ0n) is 30.9. The van der Waals surface area contributed by atoms with Crippen LogP contribution in [0.25, 0.3) is 44.3 Å². The molecule has 1 aliphatic heterocycles. The Morgan fingerprint density at radius 2 is 1.82 bits per heavy atom. The van der Waals surface area contributed by atoms with Crippen LogP contribution >= 0.6 is 0 Å². The number of ether oxygens (including phenoxy) is 1. The Morgan fingerprint density at radius 3 is 2.67 bits per heavy atom. The van der Waals surface area contributed by atoms with Crippen LogP contribution in [-0.2, 0) is 43.6 Å². The Bertz CT molecular complexity index is 2680. The summed E-state index contributed by atoms with van der Waals surface area (Å²) >= 11 is 1.99. The number of hydrogen-bond donors (Lipinski definition) is 0. The number of imidazole rings is 2. The summed E-state index contributed by atoms with van der Waals surface area (Å²) in [4.78, 5) is 5.43. The Balaban J connectivity index is 1.31. The number of nitrogens with zero attached hydrogens (tertiary/aromatic N) is 4. The molecule has 2 aliphatic rings. The molecule has 45 heavy (non-hydrogen) atoms. The Morgan fingerprint density at radius 1 is 0.956 bits per heavy atom. The number of benzene rings is 4. The van der Waals surface area contributed by atoms with Gasteiger partial charge in [-0.05, 0) is 30.8 Å². The van der Waals surface area contributed by atoms with Crippen LogP contribution in [0.2, 0.25) is 0 Å². The first kappa shape index (κ1) is 21.5. The van der Waals surface area contributed by atoms with Crippen molar-refractivity contribution in [2.75, 3.05) is 0 Å². The van der Waals surface area contributed by atoms with E-state index in [2.05, 4.69) is 61.6 Å². The summed E-state index contributed by atoms with van der Waals surface area (Å²) in [6, 6.07) is 28.2. The van der Waals surface area contributed by atoms with Crippen LogP contribution in [-0.4, -0.2) is 18.5 Å². The number of fused-ring (bicyclic) bond motifs is 5. The quantitative estimate of drug-likeness (QED) is 0.133. The predicted octanol–water partition coefficient (Wildman–Crippen LogP) is 8.71. The minimum Gasteiger partial charge on any atom is -0.0619 e. The third-order valence-electron chi connectivity index (χ3n) is 10.4. The second-order valence-electron chi connectivity index (χ2n) is 12.9. The second-order valence-corrected chi connectivity index (χ2v) is 13.9. The third kappa shape index (κ3) is 3.53. The van der Waals surface area contributed by atoms with Gasteiger partial charge in [-0.1, -0.05) is 57.2 Å². The zero-order valence-corrected chi connectivity index (χ0v) is 27.2. The zero-order chi connectivity index (χ0) is 35.8. The van der Waals surface area contributed by atoms with Crippen LogP contribution < -0.4 is 4.74 Å². The molecular formula is C39H32N4OPt-2. The van der Waals surface area contributed by atoms with E-state index in [0.717, 1.165) is 46.3 Å². The summed E-state index contributed by atoms with van der Waals surface area (Å²) in [5.74, 6) is 0.835. The fourth-order valence-corrected chi connectivity index (χ4v) is 8.30. The van der Waals surface area contributed by atoms with E-state index in [4.69, 9.17) is 17.9 Å². The fraction of sp³-hybridized carbons (Fsp3) is 0.231. The number of hydrogen-bond acceptors (Lipinski definition) is 2. The number of rotatable bonds is 3. The van der Waals surface area contributed by atoms with Gasteiger partial charge in [0, 0.05) is 20.5 Å². The van der Waals surface area contributed by atoms with Gasteiger partial charge in [0.15, 0.2) is 0 Å². The summed E-state index contributed by atoms with van der Waals surface area (Å²) < 4.78 is 61.4. The third-order valence-corrected chi connectivity index (χ3v) is 11.5. The van der Waals surface area contributed by atoms with Crippen LogP contribution in [0.4, 0.5) is 0 Å². The molecule has 9 rings (SSSR count). The van der Waals surface area contributed by atoms with E-state index in [9.17, 15) is 0 Å². The SMILES string of the molecule is [2H]C([2H])([2H])c1ccc2c3c1c1ccc(Oc4[c-]c(-n5ccn(C([2H])([2H])[2H])[c]5=[Pt])ccc4)[c-]c1c1nc4c(n13)C(C)(CCc1ccccc1-4)C2(C)C. The van der Waals surface area contributed by atoms with Crippen LogP contribution in [0.5, 0.6) is 11.5 Å². The van der Waals surface area contributed by atoms with Crippen molar-refractivity contribution in [3.05, 3.63) is 117 Å². The maximum absolute atomic E-state index is 8.61. The van der Waals surface area contributed by atoms with Crippen molar-refractivity contribution in [2.45, 2.75) is 51.3 Å². The van der Waals surface area contributed by atoms with Gasteiger partial charge in [-0.15, -0.1) is 0 Å². The minimum absolute atomic E-state index is 0.294. The van der Waals surface area contributed by atoms with E-state index in [1.807, 2.05) is 43.6 Å². The first-order chi connectivity index (χ1) is 24.1. The van der Waals surface area contributed by atoms with Gasteiger partial charge >= 0.3 is 174 Å². The molecule has 5 nitrogen and oxygen atoms in total. The summed E-state index contributed by atoms with van der Waals surface area (Å²) in [6.07, 6.45) is 5.02. The van der Waals surface area contributed by atoms with Gasteiger partial charge < -0.3 is 0 Å². The van der Waals surface area contributed by atoms with E-state index in [1.54, 1.807) is 29.0 Å². The first-order valence-corrected chi connectivity index (χ1v) is 16.2. The van der Waals surface area contributed by atoms with Crippen LogP contribution in [0, 0.1) is 22.8 Å². The van der Waals surface area contributed by atoms with E-state index < -0.39 is 13.8 Å². The minimum atomic E-state index is -2.35. The molecule has 0 radical (unpaired) electrons.